The first-order valence-electron chi connectivity index (χ1n) is 5.95. The Morgan fingerprint density at radius 1 is 1.28 bits per heavy atom. The Hall–Kier alpha value is -2.04. The second-order valence-corrected chi connectivity index (χ2v) is 4.19. The Balaban J connectivity index is 1.79. The van der Waals surface area contributed by atoms with E-state index in [0.29, 0.717) is 25.9 Å². The minimum absolute atomic E-state index is 0.289. The molecule has 1 aliphatic heterocycles. The zero-order valence-electron chi connectivity index (χ0n) is 10.1. The number of amides is 1. The van der Waals surface area contributed by atoms with Crippen LogP contribution in [0.1, 0.15) is 18.4 Å². The van der Waals surface area contributed by atoms with E-state index in [1.807, 2.05) is 30.3 Å². The van der Waals surface area contributed by atoms with Crippen molar-refractivity contribution in [1.82, 2.24) is 4.90 Å². The van der Waals surface area contributed by atoms with E-state index in [1.54, 1.807) is 4.90 Å². The van der Waals surface area contributed by atoms with Gasteiger partial charge in [0.05, 0.1) is 5.71 Å². The number of carbonyl (C=O) groups excluding carboxylic acids is 1. The summed E-state index contributed by atoms with van der Waals surface area (Å²) in [5.74, 6) is 0. The summed E-state index contributed by atoms with van der Waals surface area (Å²) in [7, 11) is 0. The Labute approximate surface area is 106 Å². The normalized spacial score (nSPS) is 15.3. The van der Waals surface area contributed by atoms with Crippen molar-refractivity contribution in [3.05, 3.63) is 35.9 Å². The maximum atomic E-state index is 11.8. The number of hydrogen-bond acceptors (Lipinski definition) is 4. The number of nitrogens with zero attached hydrogens (tertiary/aromatic N) is 2. The van der Waals surface area contributed by atoms with E-state index in [4.69, 9.17) is 9.94 Å². The Morgan fingerprint density at radius 2 is 1.94 bits per heavy atom. The summed E-state index contributed by atoms with van der Waals surface area (Å²) in [5.41, 5.74) is 1.71. The minimum Gasteiger partial charge on any atom is -0.445 e. The van der Waals surface area contributed by atoms with Gasteiger partial charge in [0.25, 0.3) is 0 Å². The lowest BCUT2D eigenvalue weighted by atomic mass is 10.1. The van der Waals surface area contributed by atoms with Gasteiger partial charge in [0.15, 0.2) is 0 Å². The molecule has 1 saturated heterocycles. The summed E-state index contributed by atoms with van der Waals surface area (Å²) in [6.45, 7) is 1.39. The van der Waals surface area contributed by atoms with Crippen molar-refractivity contribution in [2.24, 2.45) is 5.16 Å². The van der Waals surface area contributed by atoms with Crippen LogP contribution in [0.25, 0.3) is 0 Å². The number of ether oxygens (including phenoxy) is 1. The van der Waals surface area contributed by atoms with Gasteiger partial charge < -0.3 is 14.8 Å². The Kier molecular flexibility index (Phi) is 4.17. The quantitative estimate of drug-likeness (QED) is 0.645. The zero-order chi connectivity index (χ0) is 12.8. The lowest BCUT2D eigenvalue weighted by molar-refractivity contribution is 0.0957. The maximum absolute atomic E-state index is 11.8. The molecule has 1 aromatic carbocycles. The highest BCUT2D eigenvalue weighted by Gasteiger charge is 2.21. The minimum atomic E-state index is -0.309. The first-order valence-corrected chi connectivity index (χ1v) is 5.95. The number of rotatable bonds is 2. The van der Waals surface area contributed by atoms with Crippen LogP contribution >= 0.6 is 0 Å². The highest BCUT2D eigenvalue weighted by atomic mass is 16.6. The predicted molar refractivity (Wildman–Crippen MR) is 66.7 cm³/mol. The van der Waals surface area contributed by atoms with Gasteiger partial charge in [-0.1, -0.05) is 35.5 Å². The van der Waals surface area contributed by atoms with Gasteiger partial charge in [-0.2, -0.15) is 0 Å². The third-order valence-corrected chi connectivity index (χ3v) is 2.95. The third kappa shape index (κ3) is 3.23. The molecule has 96 valence electrons. The summed E-state index contributed by atoms with van der Waals surface area (Å²) < 4.78 is 5.22. The first-order chi connectivity index (χ1) is 8.79. The standard InChI is InChI=1S/C13H16N2O3/c16-13(15-8-6-12(14-17)7-9-15)18-10-11-4-2-1-3-5-11/h1-5,17H,6-10H2. The Morgan fingerprint density at radius 3 is 2.56 bits per heavy atom. The van der Waals surface area contributed by atoms with E-state index in [1.165, 1.54) is 0 Å². The first kappa shape index (κ1) is 12.4. The monoisotopic (exact) mass is 248 g/mol. The molecule has 0 unspecified atom stereocenters. The van der Waals surface area contributed by atoms with Gasteiger partial charge in [-0.25, -0.2) is 4.79 Å². The molecule has 0 bridgehead atoms. The number of piperidine rings is 1. The molecule has 0 spiro atoms. The van der Waals surface area contributed by atoms with Gasteiger partial charge in [-0.05, 0) is 5.56 Å². The summed E-state index contributed by atoms with van der Waals surface area (Å²) in [6.07, 6.45) is 0.907. The van der Waals surface area contributed by atoms with Crippen molar-refractivity contribution in [2.45, 2.75) is 19.4 Å². The molecule has 18 heavy (non-hydrogen) atoms. The van der Waals surface area contributed by atoms with Gasteiger partial charge in [0.2, 0.25) is 0 Å². The van der Waals surface area contributed by atoms with Crippen LogP contribution in [-0.4, -0.2) is 35.0 Å². The summed E-state index contributed by atoms with van der Waals surface area (Å²) in [5, 5.41) is 11.8. The number of likely N-dealkylation sites (tertiary alicyclic amines) is 1. The number of hydrogen-bond donors (Lipinski definition) is 1. The zero-order valence-corrected chi connectivity index (χ0v) is 10.1. The van der Waals surface area contributed by atoms with E-state index >= 15 is 0 Å². The smallest absolute Gasteiger partial charge is 0.410 e. The lowest BCUT2D eigenvalue weighted by Gasteiger charge is -2.26. The molecule has 1 aromatic rings. The average Bonchev–Trinajstić information content (AvgIpc) is 2.46. The molecule has 0 aliphatic carbocycles. The van der Waals surface area contributed by atoms with Crippen LogP contribution in [0.4, 0.5) is 4.79 Å². The topological polar surface area (TPSA) is 62.1 Å². The van der Waals surface area contributed by atoms with E-state index in [-0.39, 0.29) is 12.7 Å². The average molecular weight is 248 g/mol. The van der Waals surface area contributed by atoms with Crippen LogP contribution in [0.2, 0.25) is 0 Å². The molecule has 0 aromatic heterocycles. The molecular formula is C13H16N2O3. The highest BCUT2D eigenvalue weighted by molar-refractivity contribution is 5.86. The summed E-state index contributed by atoms with van der Waals surface area (Å²) in [6, 6.07) is 9.58. The second kappa shape index (κ2) is 6.05. The van der Waals surface area contributed by atoms with E-state index < -0.39 is 0 Å². The number of oxime groups is 1. The van der Waals surface area contributed by atoms with Crippen molar-refractivity contribution in [2.75, 3.05) is 13.1 Å². The van der Waals surface area contributed by atoms with Crippen LogP contribution in [0.5, 0.6) is 0 Å². The second-order valence-electron chi connectivity index (χ2n) is 4.19. The van der Waals surface area contributed by atoms with Crippen LogP contribution in [-0.2, 0) is 11.3 Å². The molecule has 2 rings (SSSR count). The predicted octanol–water partition coefficient (Wildman–Crippen LogP) is 2.25. The van der Waals surface area contributed by atoms with Gasteiger partial charge in [-0.15, -0.1) is 0 Å². The molecule has 0 atom stereocenters. The molecule has 1 amide bonds. The highest BCUT2D eigenvalue weighted by Crippen LogP contribution is 2.10. The largest absolute Gasteiger partial charge is 0.445 e. The van der Waals surface area contributed by atoms with Crippen molar-refractivity contribution < 1.29 is 14.7 Å². The lowest BCUT2D eigenvalue weighted by Crippen LogP contribution is -2.38. The maximum Gasteiger partial charge on any atom is 0.410 e. The molecular weight excluding hydrogens is 232 g/mol. The van der Waals surface area contributed by atoms with Crippen LogP contribution in [0.15, 0.2) is 35.5 Å². The van der Waals surface area contributed by atoms with Crippen molar-refractivity contribution in [1.29, 1.82) is 0 Å². The van der Waals surface area contributed by atoms with Crippen LogP contribution < -0.4 is 0 Å². The summed E-state index contributed by atoms with van der Waals surface area (Å²) >= 11 is 0. The van der Waals surface area contributed by atoms with Crippen LogP contribution in [0.3, 0.4) is 0 Å². The fourth-order valence-corrected chi connectivity index (χ4v) is 1.86. The van der Waals surface area contributed by atoms with Gasteiger partial charge in [0, 0.05) is 25.9 Å². The Bertz CT molecular complexity index is 421. The van der Waals surface area contributed by atoms with E-state index in [0.717, 1.165) is 11.3 Å². The molecule has 5 heteroatoms. The summed E-state index contributed by atoms with van der Waals surface area (Å²) in [4.78, 5) is 13.4. The van der Waals surface area contributed by atoms with E-state index in [9.17, 15) is 4.79 Å². The van der Waals surface area contributed by atoms with Crippen LogP contribution in [0, 0.1) is 0 Å². The molecule has 5 nitrogen and oxygen atoms in total. The fraction of sp³-hybridized carbons (Fsp3) is 0.385. The van der Waals surface area contributed by atoms with Crippen molar-refractivity contribution >= 4 is 11.8 Å². The molecule has 0 saturated carbocycles. The van der Waals surface area contributed by atoms with Gasteiger partial charge in [0.1, 0.15) is 6.61 Å². The van der Waals surface area contributed by atoms with Gasteiger partial charge >= 0.3 is 6.09 Å². The molecule has 1 aliphatic rings. The SMILES string of the molecule is O=C(OCc1ccccc1)N1CCC(=NO)CC1. The third-order valence-electron chi connectivity index (χ3n) is 2.95. The molecule has 1 heterocycles. The van der Waals surface area contributed by atoms with Gasteiger partial charge in [-0.3, -0.25) is 0 Å². The van der Waals surface area contributed by atoms with E-state index in [2.05, 4.69) is 5.16 Å². The molecule has 0 radical (unpaired) electrons. The number of benzene rings is 1. The molecule has 1 N–H and O–H groups in total. The number of carbonyl (C=O) groups is 1. The molecule has 1 fully saturated rings. The van der Waals surface area contributed by atoms with Crippen molar-refractivity contribution in [3.8, 4) is 0 Å². The fourth-order valence-electron chi connectivity index (χ4n) is 1.86. The van der Waals surface area contributed by atoms with Crippen molar-refractivity contribution in [3.63, 3.8) is 0 Å².